The zero-order chi connectivity index (χ0) is 31.0. The van der Waals surface area contributed by atoms with Crippen molar-refractivity contribution >= 4 is 5.82 Å². The van der Waals surface area contributed by atoms with Gasteiger partial charge in [-0.3, -0.25) is 4.90 Å². The molecule has 0 atom stereocenters. The lowest BCUT2D eigenvalue weighted by Gasteiger charge is -2.75. The van der Waals surface area contributed by atoms with E-state index in [0.29, 0.717) is 48.7 Å². The number of halogens is 5. The molecule has 1 aliphatic heterocycles. The van der Waals surface area contributed by atoms with E-state index < -0.39 is 18.0 Å². The quantitative estimate of drug-likeness (QED) is 0.159. The minimum atomic E-state index is -4.89. The summed E-state index contributed by atoms with van der Waals surface area (Å²) in [4.78, 5) is 10.9. The molecule has 238 valence electrons. The first-order chi connectivity index (χ1) is 20.9. The molecule has 0 radical (unpaired) electrons. The smallest absolute Gasteiger partial charge is 0.402 e. The van der Waals surface area contributed by atoms with Crippen LogP contribution < -0.4 is 10.5 Å². The third kappa shape index (κ3) is 6.86. The molecule has 44 heavy (non-hydrogen) atoms. The maximum atomic E-state index is 13.6. The highest BCUT2D eigenvalue weighted by Gasteiger charge is 2.69. The molecule has 0 unspecified atom stereocenters. The van der Waals surface area contributed by atoms with Crippen molar-refractivity contribution in [2.75, 3.05) is 18.8 Å². The van der Waals surface area contributed by atoms with E-state index in [1.165, 1.54) is 12.3 Å². The van der Waals surface area contributed by atoms with Crippen LogP contribution in [0, 0.1) is 5.41 Å². The zero-order valence-corrected chi connectivity index (χ0v) is 24.6. The number of benzene rings is 1. The van der Waals surface area contributed by atoms with Crippen molar-refractivity contribution in [1.29, 1.82) is 0 Å². The minimum Gasteiger partial charge on any atom is -0.402 e. The fourth-order valence-electron chi connectivity index (χ4n) is 7.34. The van der Waals surface area contributed by atoms with Gasteiger partial charge in [-0.15, -0.1) is 13.2 Å². The summed E-state index contributed by atoms with van der Waals surface area (Å²) in [5.41, 5.74) is 8.02. The number of hydrogen-bond acceptors (Lipinski definition) is 6. The lowest BCUT2D eigenvalue weighted by molar-refractivity contribution is -0.274. The number of nitrogen functional groups attached to an aromatic ring is 1. The molecular formula is C32H38F5N5O2. The largest absolute Gasteiger partial charge is 0.573 e. The van der Waals surface area contributed by atoms with Crippen molar-refractivity contribution in [2.45, 2.75) is 95.4 Å². The monoisotopic (exact) mass is 619 g/mol. The van der Waals surface area contributed by atoms with Gasteiger partial charge in [0.2, 0.25) is 0 Å². The molecule has 7 rings (SSSR count). The van der Waals surface area contributed by atoms with Crippen LogP contribution in [0.1, 0.15) is 69.2 Å². The fourth-order valence-corrected chi connectivity index (χ4v) is 7.34. The van der Waals surface area contributed by atoms with E-state index in [4.69, 9.17) is 10.5 Å². The molecule has 3 saturated carbocycles. The molecule has 2 aromatic heterocycles. The number of hydrogen-bond donors (Lipinski definition) is 1. The SMILES string of the molecule is Nc1ncc(-c2cn(CCCCCC34CC(N5CCC(F)(F)CC5)(C3)C4)c(COCc3ccccc3)n2)cc1OC(F)(F)F. The van der Waals surface area contributed by atoms with Gasteiger partial charge in [-0.05, 0) is 49.1 Å². The summed E-state index contributed by atoms with van der Waals surface area (Å²) >= 11 is 0. The first-order valence-electron chi connectivity index (χ1n) is 15.3. The topological polar surface area (TPSA) is 78.4 Å². The van der Waals surface area contributed by atoms with Crippen LogP contribution in [-0.2, 0) is 24.5 Å². The Morgan fingerprint density at radius 2 is 1.68 bits per heavy atom. The number of rotatable bonds is 13. The number of likely N-dealkylation sites (tertiary alicyclic amines) is 1. The average Bonchev–Trinajstić information content (AvgIpc) is 3.33. The summed E-state index contributed by atoms with van der Waals surface area (Å²) in [6.07, 6.45) is 5.83. The Morgan fingerprint density at radius 3 is 2.39 bits per heavy atom. The van der Waals surface area contributed by atoms with Crippen molar-refractivity contribution in [1.82, 2.24) is 19.4 Å². The van der Waals surface area contributed by atoms with E-state index in [1.54, 1.807) is 6.20 Å². The number of nitrogens with two attached hydrogens (primary N) is 1. The Morgan fingerprint density at radius 1 is 0.955 bits per heavy atom. The van der Waals surface area contributed by atoms with Crippen LogP contribution in [0.5, 0.6) is 5.75 Å². The van der Waals surface area contributed by atoms with Gasteiger partial charge in [0.15, 0.2) is 11.6 Å². The molecule has 3 aromatic rings. The van der Waals surface area contributed by atoms with Crippen molar-refractivity contribution < 1.29 is 31.4 Å². The van der Waals surface area contributed by atoms with Crippen LogP contribution in [0.25, 0.3) is 11.3 Å². The molecule has 12 heteroatoms. The van der Waals surface area contributed by atoms with Crippen LogP contribution in [0.15, 0.2) is 48.8 Å². The summed E-state index contributed by atoms with van der Waals surface area (Å²) in [7, 11) is 0. The van der Waals surface area contributed by atoms with Gasteiger partial charge in [-0.2, -0.15) is 0 Å². The van der Waals surface area contributed by atoms with Gasteiger partial charge in [0.1, 0.15) is 12.4 Å². The predicted octanol–water partition coefficient (Wildman–Crippen LogP) is 7.36. The van der Waals surface area contributed by atoms with Crippen molar-refractivity contribution in [3.63, 3.8) is 0 Å². The number of piperidine rings is 1. The predicted molar refractivity (Wildman–Crippen MR) is 155 cm³/mol. The molecule has 4 aliphatic rings. The van der Waals surface area contributed by atoms with Crippen LogP contribution >= 0.6 is 0 Å². The average molecular weight is 620 g/mol. The van der Waals surface area contributed by atoms with Crippen LogP contribution in [0.3, 0.4) is 0 Å². The number of ether oxygens (including phenoxy) is 2. The zero-order valence-electron chi connectivity index (χ0n) is 24.6. The number of unbranched alkanes of at least 4 members (excludes halogenated alkanes) is 2. The number of aryl methyl sites for hydroxylation is 1. The second kappa shape index (κ2) is 11.9. The van der Waals surface area contributed by atoms with E-state index in [1.807, 2.05) is 34.9 Å². The first kappa shape index (κ1) is 30.8. The van der Waals surface area contributed by atoms with Crippen molar-refractivity contribution in [3.05, 3.63) is 60.2 Å². The molecule has 3 aliphatic carbocycles. The number of alkyl halides is 5. The second-order valence-electron chi connectivity index (χ2n) is 12.8. The number of imidazole rings is 1. The molecule has 0 amide bonds. The van der Waals surface area contributed by atoms with E-state index in [0.717, 1.165) is 50.5 Å². The lowest BCUT2D eigenvalue weighted by atomic mass is 9.37. The third-order valence-electron chi connectivity index (χ3n) is 9.49. The van der Waals surface area contributed by atoms with Gasteiger partial charge in [0.25, 0.3) is 5.92 Å². The molecule has 0 spiro atoms. The van der Waals surface area contributed by atoms with E-state index in [2.05, 4.69) is 19.6 Å². The molecular weight excluding hydrogens is 581 g/mol. The van der Waals surface area contributed by atoms with Gasteiger partial charge in [-0.25, -0.2) is 18.7 Å². The highest BCUT2D eigenvalue weighted by atomic mass is 19.4. The summed E-state index contributed by atoms with van der Waals surface area (Å²) in [5, 5.41) is 0. The third-order valence-corrected chi connectivity index (χ3v) is 9.49. The molecule has 4 fully saturated rings. The Bertz CT molecular complexity index is 1410. The van der Waals surface area contributed by atoms with Crippen molar-refractivity contribution in [3.8, 4) is 17.0 Å². The Kier molecular flexibility index (Phi) is 8.34. The van der Waals surface area contributed by atoms with Crippen LogP contribution in [0.4, 0.5) is 27.8 Å². The van der Waals surface area contributed by atoms with E-state index in [-0.39, 0.29) is 30.8 Å². The molecule has 7 nitrogen and oxygen atoms in total. The summed E-state index contributed by atoms with van der Waals surface area (Å²) in [6, 6.07) is 11.0. The Hall–Kier alpha value is -3.25. The van der Waals surface area contributed by atoms with E-state index >= 15 is 0 Å². The number of aromatic nitrogens is 3. The summed E-state index contributed by atoms with van der Waals surface area (Å²) in [5.74, 6) is -2.76. The molecule has 1 aromatic carbocycles. The Labute approximate surface area is 253 Å². The van der Waals surface area contributed by atoms with Gasteiger partial charge >= 0.3 is 6.36 Å². The first-order valence-corrected chi connectivity index (χ1v) is 15.3. The highest BCUT2D eigenvalue weighted by molar-refractivity contribution is 5.63. The minimum absolute atomic E-state index is 0.0195. The fraction of sp³-hybridized carbons (Fsp3) is 0.562. The van der Waals surface area contributed by atoms with Crippen LogP contribution in [-0.4, -0.2) is 50.3 Å². The van der Waals surface area contributed by atoms with Crippen molar-refractivity contribution in [2.24, 2.45) is 5.41 Å². The van der Waals surface area contributed by atoms with Gasteiger partial charge in [-0.1, -0.05) is 43.2 Å². The highest BCUT2D eigenvalue weighted by Crippen LogP contribution is 2.72. The maximum absolute atomic E-state index is 13.6. The number of nitrogens with zero attached hydrogens (tertiary/aromatic N) is 4. The van der Waals surface area contributed by atoms with E-state index in [9.17, 15) is 22.0 Å². The van der Waals surface area contributed by atoms with Gasteiger partial charge < -0.3 is 19.8 Å². The molecule has 2 bridgehead atoms. The summed E-state index contributed by atoms with van der Waals surface area (Å²) < 4.78 is 77.7. The Balaban J connectivity index is 1.04. The lowest BCUT2D eigenvalue weighted by Crippen LogP contribution is -2.75. The molecule has 3 heterocycles. The second-order valence-corrected chi connectivity index (χ2v) is 12.8. The molecule has 1 saturated heterocycles. The van der Waals surface area contributed by atoms with Crippen LogP contribution in [0.2, 0.25) is 0 Å². The number of anilines is 1. The maximum Gasteiger partial charge on any atom is 0.573 e. The van der Waals surface area contributed by atoms with Gasteiger partial charge in [0.05, 0.1) is 12.3 Å². The molecule has 2 N–H and O–H groups in total. The summed E-state index contributed by atoms with van der Waals surface area (Å²) in [6.45, 7) is 2.34. The standard InChI is InChI=1S/C32H38F5N5O2/c33-31(34)10-13-42(14-11-31)30-20-29(21-30,22-30)9-5-2-6-12-41-17-25(24-15-26(28(38)39-16-24)44-32(35,36)37)40-27(41)19-43-18-23-7-3-1-4-8-23/h1,3-4,7-8,15-17H,2,5-6,9-14,18-22H2,(H2,38,39). The normalized spacial score (nSPS) is 24.5. The number of pyridine rings is 1. The van der Waals surface area contributed by atoms with Gasteiger partial charge in [0, 0.05) is 56.0 Å².